The Balaban J connectivity index is 2.10. The number of hydrogen-bond donors (Lipinski definition) is 0. The third kappa shape index (κ3) is 3.15. The highest BCUT2D eigenvalue weighted by molar-refractivity contribution is 9.10. The average Bonchev–Trinajstić information content (AvgIpc) is 2.82. The van der Waals surface area contributed by atoms with Gasteiger partial charge in [-0.05, 0) is 49.4 Å². The molecule has 98 valence electrons. The van der Waals surface area contributed by atoms with Crippen LogP contribution in [0, 0.1) is 10.1 Å². The standard InChI is InChI=1S/C11H7BrN2O4S/c12-7-3-5-19-10(7)8(15)6-18-9-2-1-4-13-11(9)14(16)17/h1-5H,6H2. The Morgan fingerprint density at radius 1 is 1.53 bits per heavy atom. The highest BCUT2D eigenvalue weighted by Crippen LogP contribution is 2.25. The lowest BCUT2D eigenvalue weighted by Crippen LogP contribution is -2.11. The van der Waals surface area contributed by atoms with E-state index in [2.05, 4.69) is 20.9 Å². The normalized spacial score (nSPS) is 10.2. The molecule has 0 atom stereocenters. The number of thiophene rings is 1. The van der Waals surface area contributed by atoms with Crippen LogP contribution in [-0.2, 0) is 0 Å². The van der Waals surface area contributed by atoms with E-state index in [0.717, 1.165) is 0 Å². The zero-order valence-electron chi connectivity index (χ0n) is 9.41. The Morgan fingerprint density at radius 2 is 2.32 bits per heavy atom. The first-order chi connectivity index (χ1) is 9.09. The summed E-state index contributed by atoms with van der Waals surface area (Å²) in [6.07, 6.45) is 1.29. The van der Waals surface area contributed by atoms with Gasteiger partial charge in [0.05, 0.1) is 4.88 Å². The summed E-state index contributed by atoms with van der Waals surface area (Å²) in [6, 6.07) is 4.67. The number of hydrogen-bond acceptors (Lipinski definition) is 6. The Kier molecular flexibility index (Phi) is 4.23. The number of pyridine rings is 1. The Morgan fingerprint density at radius 3 is 2.95 bits per heavy atom. The molecule has 0 unspecified atom stereocenters. The van der Waals surface area contributed by atoms with Gasteiger partial charge in [-0.2, -0.15) is 0 Å². The monoisotopic (exact) mass is 342 g/mol. The number of nitrogens with zero attached hydrogens (tertiary/aromatic N) is 2. The highest BCUT2D eigenvalue weighted by atomic mass is 79.9. The Hall–Kier alpha value is -1.80. The van der Waals surface area contributed by atoms with Gasteiger partial charge >= 0.3 is 5.82 Å². The Bertz CT molecular complexity index is 629. The predicted molar refractivity (Wildman–Crippen MR) is 72.7 cm³/mol. The van der Waals surface area contributed by atoms with Crippen LogP contribution in [0.15, 0.2) is 34.2 Å². The van der Waals surface area contributed by atoms with E-state index in [1.165, 1.54) is 29.7 Å². The molecule has 0 amide bonds. The van der Waals surface area contributed by atoms with Gasteiger partial charge in [-0.3, -0.25) is 4.79 Å². The highest BCUT2D eigenvalue weighted by Gasteiger charge is 2.18. The molecular weight excluding hydrogens is 336 g/mol. The minimum atomic E-state index is -0.652. The van der Waals surface area contributed by atoms with Gasteiger partial charge in [-0.15, -0.1) is 11.3 Å². The molecule has 0 radical (unpaired) electrons. The molecule has 0 saturated carbocycles. The van der Waals surface area contributed by atoms with Crippen molar-refractivity contribution >= 4 is 38.9 Å². The molecule has 2 aromatic heterocycles. The molecule has 0 aromatic carbocycles. The molecule has 0 aliphatic heterocycles. The molecule has 2 aromatic rings. The van der Waals surface area contributed by atoms with Gasteiger partial charge < -0.3 is 14.9 Å². The number of aromatic nitrogens is 1. The fourth-order valence-electron chi connectivity index (χ4n) is 1.33. The largest absolute Gasteiger partial charge is 0.477 e. The van der Waals surface area contributed by atoms with Crippen LogP contribution >= 0.6 is 27.3 Å². The number of halogens is 1. The molecule has 0 saturated heterocycles. The lowest BCUT2D eigenvalue weighted by atomic mass is 10.3. The van der Waals surface area contributed by atoms with Crippen molar-refractivity contribution in [3.63, 3.8) is 0 Å². The smallest absolute Gasteiger partial charge is 0.406 e. The molecule has 0 aliphatic carbocycles. The molecule has 6 nitrogen and oxygen atoms in total. The first kappa shape index (κ1) is 13.6. The van der Waals surface area contributed by atoms with Gasteiger partial charge in [-0.1, -0.05) is 0 Å². The van der Waals surface area contributed by atoms with E-state index in [9.17, 15) is 14.9 Å². The Labute approximate surface area is 120 Å². The van der Waals surface area contributed by atoms with Gasteiger partial charge in [0, 0.05) is 4.47 Å². The van der Waals surface area contributed by atoms with Gasteiger partial charge in [-0.25, -0.2) is 0 Å². The van der Waals surface area contributed by atoms with Crippen LogP contribution in [0.5, 0.6) is 5.75 Å². The first-order valence-electron chi connectivity index (χ1n) is 5.08. The number of ketones is 1. The molecule has 19 heavy (non-hydrogen) atoms. The van der Waals surface area contributed by atoms with Crippen LogP contribution in [0.3, 0.4) is 0 Å². The third-order valence-electron chi connectivity index (χ3n) is 2.15. The molecule has 0 bridgehead atoms. The number of ether oxygens (including phenoxy) is 1. The summed E-state index contributed by atoms with van der Waals surface area (Å²) in [5.41, 5.74) is 0. The van der Waals surface area contributed by atoms with Crippen LogP contribution in [0.1, 0.15) is 9.67 Å². The molecule has 0 spiro atoms. The van der Waals surface area contributed by atoms with Crippen molar-refractivity contribution in [2.24, 2.45) is 0 Å². The van der Waals surface area contributed by atoms with Crippen LogP contribution < -0.4 is 4.74 Å². The second kappa shape index (κ2) is 5.89. The maximum absolute atomic E-state index is 11.8. The summed E-state index contributed by atoms with van der Waals surface area (Å²) >= 11 is 4.52. The minimum absolute atomic E-state index is 0.0199. The number of carbonyl (C=O) groups is 1. The minimum Gasteiger partial charge on any atom is -0.477 e. The number of rotatable bonds is 5. The van der Waals surface area contributed by atoms with E-state index < -0.39 is 10.7 Å². The predicted octanol–water partition coefficient (Wildman–Crippen LogP) is 3.08. The summed E-state index contributed by atoms with van der Waals surface area (Å²) in [5.74, 6) is -0.672. The third-order valence-corrected chi connectivity index (χ3v) is 4.03. The summed E-state index contributed by atoms with van der Waals surface area (Å²) < 4.78 is 5.86. The second-order valence-corrected chi connectivity index (χ2v) is 5.16. The van der Waals surface area contributed by atoms with Crippen molar-refractivity contribution in [3.05, 3.63) is 49.2 Å². The fraction of sp³-hybridized carbons (Fsp3) is 0.0909. The SMILES string of the molecule is O=C(COc1cccnc1[N+](=O)[O-])c1sccc1Br. The van der Waals surface area contributed by atoms with E-state index in [1.54, 1.807) is 11.4 Å². The number of carbonyl (C=O) groups excluding carboxylic acids is 1. The molecule has 2 rings (SSSR count). The van der Waals surface area contributed by atoms with Gasteiger partial charge in [0.15, 0.2) is 6.61 Å². The van der Waals surface area contributed by atoms with Crippen LogP contribution in [0.25, 0.3) is 0 Å². The lowest BCUT2D eigenvalue weighted by Gasteiger charge is -2.04. The van der Waals surface area contributed by atoms with Crippen molar-refractivity contribution in [1.29, 1.82) is 0 Å². The van der Waals surface area contributed by atoms with Gasteiger partial charge in [0.1, 0.15) is 6.20 Å². The van der Waals surface area contributed by atoms with E-state index in [1.807, 2.05) is 0 Å². The van der Waals surface area contributed by atoms with Crippen LogP contribution in [0.4, 0.5) is 5.82 Å². The van der Waals surface area contributed by atoms with Crippen molar-refractivity contribution < 1.29 is 14.5 Å². The zero-order chi connectivity index (χ0) is 13.8. The first-order valence-corrected chi connectivity index (χ1v) is 6.75. The molecule has 0 aliphatic rings. The van der Waals surface area contributed by atoms with E-state index >= 15 is 0 Å². The number of Topliss-reactive ketones (excluding diaryl/α,β-unsaturated/α-hetero) is 1. The van der Waals surface area contributed by atoms with Gasteiger partial charge in [0.25, 0.3) is 0 Å². The second-order valence-electron chi connectivity index (χ2n) is 3.39. The van der Waals surface area contributed by atoms with Crippen molar-refractivity contribution in [1.82, 2.24) is 4.98 Å². The zero-order valence-corrected chi connectivity index (χ0v) is 11.8. The van der Waals surface area contributed by atoms with E-state index in [4.69, 9.17) is 4.74 Å². The van der Waals surface area contributed by atoms with E-state index in [0.29, 0.717) is 9.35 Å². The summed E-state index contributed by atoms with van der Waals surface area (Å²) in [4.78, 5) is 26.0. The average molecular weight is 343 g/mol. The lowest BCUT2D eigenvalue weighted by molar-refractivity contribution is -0.390. The fourth-order valence-corrected chi connectivity index (χ4v) is 2.85. The summed E-state index contributed by atoms with van der Waals surface area (Å²) in [7, 11) is 0. The molecular formula is C11H7BrN2O4S. The topological polar surface area (TPSA) is 82.3 Å². The molecule has 8 heteroatoms. The molecule has 0 fully saturated rings. The summed E-state index contributed by atoms with van der Waals surface area (Å²) in [5, 5.41) is 12.5. The van der Waals surface area contributed by atoms with Crippen LogP contribution in [-0.4, -0.2) is 22.3 Å². The van der Waals surface area contributed by atoms with E-state index in [-0.39, 0.29) is 18.1 Å². The van der Waals surface area contributed by atoms with Gasteiger partial charge in [0.2, 0.25) is 11.5 Å². The van der Waals surface area contributed by atoms with Crippen molar-refractivity contribution in [3.8, 4) is 5.75 Å². The molecule has 2 heterocycles. The maximum atomic E-state index is 11.8. The number of nitro groups is 1. The quantitative estimate of drug-likeness (QED) is 0.473. The van der Waals surface area contributed by atoms with Crippen molar-refractivity contribution in [2.45, 2.75) is 0 Å². The van der Waals surface area contributed by atoms with Crippen molar-refractivity contribution in [2.75, 3.05) is 6.61 Å². The summed E-state index contributed by atoms with van der Waals surface area (Å²) in [6.45, 7) is -0.272. The molecule has 0 N–H and O–H groups in total. The van der Waals surface area contributed by atoms with Crippen LogP contribution in [0.2, 0.25) is 0 Å². The maximum Gasteiger partial charge on any atom is 0.406 e.